The molecule has 2 aromatic rings. The second-order valence-corrected chi connectivity index (χ2v) is 5.26. The zero-order valence-corrected chi connectivity index (χ0v) is 11.2. The smallest absolute Gasteiger partial charge is 0.407 e. The zero-order chi connectivity index (χ0) is 14.0. The number of nitrogens with one attached hydrogen (secondary N) is 1. The Morgan fingerprint density at radius 3 is 2.79 bits per heavy atom. The predicted octanol–water partition coefficient (Wildman–Crippen LogP) is 3.16. The number of carbonyl (C=O) groups is 1. The number of rotatable bonds is 2. The number of ether oxygens (including phenoxy) is 1. The van der Waals surface area contributed by atoms with Gasteiger partial charge in [0.1, 0.15) is 16.9 Å². The first-order valence-corrected chi connectivity index (χ1v) is 6.02. The van der Waals surface area contributed by atoms with Crippen molar-refractivity contribution in [2.45, 2.75) is 32.9 Å². The number of carbonyl (C=O) groups excluding carboxylic acids is 1. The average molecular weight is 263 g/mol. The van der Waals surface area contributed by atoms with Crippen LogP contribution in [-0.4, -0.2) is 16.8 Å². The summed E-state index contributed by atoms with van der Waals surface area (Å²) in [5.74, 6) is 0.157. The number of hydrogen-bond acceptors (Lipinski definition) is 4. The summed E-state index contributed by atoms with van der Waals surface area (Å²) in [5.41, 5.74) is 0.818. The van der Waals surface area contributed by atoms with Crippen molar-refractivity contribution < 1.29 is 19.1 Å². The SMILES string of the molecule is CC(C)(C)OC(=O)NCc1ccc(O)c2ccoc12. The molecule has 0 spiro atoms. The van der Waals surface area contributed by atoms with Crippen LogP contribution in [0.1, 0.15) is 26.3 Å². The van der Waals surface area contributed by atoms with Crippen LogP contribution in [0, 0.1) is 0 Å². The molecule has 0 radical (unpaired) electrons. The lowest BCUT2D eigenvalue weighted by Gasteiger charge is -2.19. The van der Waals surface area contributed by atoms with Crippen molar-refractivity contribution in [3.8, 4) is 5.75 Å². The summed E-state index contributed by atoms with van der Waals surface area (Å²) in [6.45, 7) is 5.69. The van der Waals surface area contributed by atoms with E-state index >= 15 is 0 Å². The van der Waals surface area contributed by atoms with E-state index in [0.29, 0.717) is 11.0 Å². The van der Waals surface area contributed by atoms with Gasteiger partial charge in [0, 0.05) is 12.1 Å². The molecule has 0 unspecified atom stereocenters. The Labute approximate surface area is 111 Å². The number of hydrogen-bond donors (Lipinski definition) is 2. The minimum atomic E-state index is -0.529. The van der Waals surface area contributed by atoms with E-state index in [-0.39, 0.29) is 12.3 Å². The van der Waals surface area contributed by atoms with Crippen molar-refractivity contribution in [1.29, 1.82) is 0 Å². The van der Waals surface area contributed by atoms with Crippen LogP contribution < -0.4 is 5.32 Å². The number of alkyl carbamates (subject to hydrolysis) is 1. The molecule has 0 bridgehead atoms. The quantitative estimate of drug-likeness (QED) is 0.873. The Morgan fingerprint density at radius 2 is 2.11 bits per heavy atom. The fourth-order valence-electron chi connectivity index (χ4n) is 1.73. The molecule has 0 fully saturated rings. The van der Waals surface area contributed by atoms with Crippen molar-refractivity contribution in [3.63, 3.8) is 0 Å². The van der Waals surface area contributed by atoms with Gasteiger partial charge >= 0.3 is 6.09 Å². The third-order valence-corrected chi connectivity index (χ3v) is 2.50. The van der Waals surface area contributed by atoms with Gasteiger partial charge in [-0.1, -0.05) is 0 Å². The Kier molecular flexibility index (Phi) is 3.38. The first-order valence-electron chi connectivity index (χ1n) is 6.02. The van der Waals surface area contributed by atoms with Crippen LogP contribution >= 0.6 is 0 Å². The standard InChI is InChI=1S/C14H17NO4/c1-14(2,3)19-13(17)15-8-9-4-5-11(16)10-6-7-18-12(9)10/h4-7,16H,8H2,1-3H3,(H,15,17). The van der Waals surface area contributed by atoms with E-state index in [9.17, 15) is 9.90 Å². The monoisotopic (exact) mass is 263 g/mol. The zero-order valence-electron chi connectivity index (χ0n) is 11.2. The van der Waals surface area contributed by atoms with E-state index in [0.717, 1.165) is 5.56 Å². The summed E-state index contributed by atoms with van der Waals surface area (Å²) in [7, 11) is 0. The molecule has 0 atom stereocenters. The van der Waals surface area contributed by atoms with Crippen LogP contribution in [0.5, 0.6) is 5.75 Å². The summed E-state index contributed by atoms with van der Waals surface area (Å²) in [6, 6.07) is 4.96. The molecule has 5 nitrogen and oxygen atoms in total. The molecule has 1 heterocycles. The number of fused-ring (bicyclic) bond motifs is 1. The molecule has 2 N–H and O–H groups in total. The van der Waals surface area contributed by atoms with Crippen LogP contribution in [0.4, 0.5) is 4.79 Å². The first kappa shape index (κ1) is 13.3. The summed E-state index contributed by atoms with van der Waals surface area (Å²) in [4.78, 5) is 11.6. The van der Waals surface area contributed by atoms with Crippen molar-refractivity contribution in [2.75, 3.05) is 0 Å². The molecule has 102 valence electrons. The van der Waals surface area contributed by atoms with Gasteiger partial charge in [-0.25, -0.2) is 4.79 Å². The van der Waals surface area contributed by atoms with Crippen LogP contribution in [0.2, 0.25) is 0 Å². The van der Waals surface area contributed by atoms with E-state index in [1.54, 1.807) is 39.0 Å². The molecule has 0 aliphatic rings. The lowest BCUT2D eigenvalue weighted by molar-refractivity contribution is 0.0523. The third kappa shape index (κ3) is 3.19. The van der Waals surface area contributed by atoms with Crippen LogP contribution in [0.15, 0.2) is 28.9 Å². The van der Waals surface area contributed by atoms with Crippen LogP contribution in [-0.2, 0) is 11.3 Å². The Morgan fingerprint density at radius 1 is 1.37 bits per heavy atom. The summed E-state index contributed by atoms with van der Waals surface area (Å²) in [6.07, 6.45) is 1.02. The van der Waals surface area contributed by atoms with Crippen molar-refractivity contribution >= 4 is 17.1 Å². The molecule has 0 aliphatic carbocycles. The first-order chi connectivity index (χ1) is 8.87. The molecule has 0 saturated heterocycles. The highest BCUT2D eigenvalue weighted by Gasteiger charge is 2.16. The Bertz CT molecular complexity index is 595. The molecule has 1 aromatic heterocycles. The Balaban J connectivity index is 2.08. The fraction of sp³-hybridized carbons (Fsp3) is 0.357. The highest BCUT2D eigenvalue weighted by Crippen LogP contribution is 2.28. The predicted molar refractivity (Wildman–Crippen MR) is 71.0 cm³/mol. The van der Waals surface area contributed by atoms with Gasteiger partial charge in [0.05, 0.1) is 11.6 Å². The highest BCUT2D eigenvalue weighted by molar-refractivity contribution is 5.86. The molecule has 0 aliphatic heterocycles. The minimum absolute atomic E-state index is 0.157. The number of phenolic OH excluding ortho intramolecular Hbond substituents is 1. The second kappa shape index (κ2) is 4.84. The van der Waals surface area contributed by atoms with Gasteiger partial charge < -0.3 is 19.6 Å². The van der Waals surface area contributed by atoms with Crippen LogP contribution in [0.25, 0.3) is 11.0 Å². The molecule has 5 heteroatoms. The maximum atomic E-state index is 11.6. The number of furan rings is 1. The molecule has 2 rings (SSSR count). The normalized spacial score (nSPS) is 11.5. The van der Waals surface area contributed by atoms with E-state index in [1.807, 2.05) is 0 Å². The molecular formula is C14H17NO4. The molecule has 1 amide bonds. The van der Waals surface area contributed by atoms with Gasteiger partial charge in [-0.05, 0) is 39.0 Å². The average Bonchev–Trinajstić information content (AvgIpc) is 2.75. The van der Waals surface area contributed by atoms with E-state index in [1.165, 1.54) is 6.26 Å². The number of aromatic hydroxyl groups is 1. The van der Waals surface area contributed by atoms with Crippen molar-refractivity contribution in [3.05, 3.63) is 30.0 Å². The molecule has 0 saturated carbocycles. The van der Waals surface area contributed by atoms with Gasteiger partial charge in [0.2, 0.25) is 0 Å². The lowest BCUT2D eigenvalue weighted by atomic mass is 10.1. The summed E-state index contributed by atoms with van der Waals surface area (Å²) in [5, 5.41) is 12.9. The highest BCUT2D eigenvalue weighted by atomic mass is 16.6. The maximum absolute atomic E-state index is 11.6. The van der Waals surface area contributed by atoms with Gasteiger partial charge in [-0.3, -0.25) is 0 Å². The Hall–Kier alpha value is -2.17. The second-order valence-electron chi connectivity index (χ2n) is 5.26. The third-order valence-electron chi connectivity index (χ3n) is 2.50. The topological polar surface area (TPSA) is 71.7 Å². The van der Waals surface area contributed by atoms with E-state index in [2.05, 4.69) is 5.32 Å². The minimum Gasteiger partial charge on any atom is -0.507 e. The van der Waals surface area contributed by atoms with Crippen molar-refractivity contribution in [1.82, 2.24) is 5.32 Å². The number of phenols is 1. The van der Waals surface area contributed by atoms with Gasteiger partial charge in [0.15, 0.2) is 0 Å². The maximum Gasteiger partial charge on any atom is 0.407 e. The molecular weight excluding hydrogens is 246 g/mol. The summed E-state index contributed by atoms with van der Waals surface area (Å²) >= 11 is 0. The van der Waals surface area contributed by atoms with E-state index < -0.39 is 11.7 Å². The van der Waals surface area contributed by atoms with Crippen LogP contribution in [0.3, 0.4) is 0 Å². The number of benzene rings is 1. The van der Waals surface area contributed by atoms with Gasteiger partial charge in [0.25, 0.3) is 0 Å². The summed E-state index contributed by atoms with van der Waals surface area (Å²) < 4.78 is 10.5. The number of amides is 1. The fourth-order valence-corrected chi connectivity index (χ4v) is 1.73. The largest absolute Gasteiger partial charge is 0.507 e. The molecule has 1 aromatic carbocycles. The lowest BCUT2D eigenvalue weighted by Crippen LogP contribution is -2.32. The molecule has 19 heavy (non-hydrogen) atoms. The van der Waals surface area contributed by atoms with Gasteiger partial charge in [-0.2, -0.15) is 0 Å². The van der Waals surface area contributed by atoms with Crippen molar-refractivity contribution in [2.24, 2.45) is 0 Å². The van der Waals surface area contributed by atoms with Gasteiger partial charge in [-0.15, -0.1) is 0 Å². The van der Waals surface area contributed by atoms with E-state index in [4.69, 9.17) is 9.15 Å².